The molecule has 24 heavy (non-hydrogen) atoms. The van der Waals surface area contributed by atoms with Crippen LogP contribution in [0.3, 0.4) is 0 Å². The number of anilines is 1. The molecular formula is C20H18N2OS. The molecule has 4 rings (SSSR count). The number of carbonyl (C=O) groups is 1. The average Bonchev–Trinajstić information content (AvgIpc) is 3.26. The van der Waals surface area contributed by atoms with Crippen molar-refractivity contribution in [1.82, 2.24) is 4.98 Å². The second-order valence-corrected chi connectivity index (χ2v) is 7.00. The third-order valence-corrected chi connectivity index (χ3v) is 5.36. The van der Waals surface area contributed by atoms with Crippen LogP contribution in [-0.4, -0.2) is 10.9 Å². The molecule has 1 aliphatic carbocycles. The van der Waals surface area contributed by atoms with Crippen LogP contribution in [0.5, 0.6) is 0 Å². The second kappa shape index (κ2) is 6.57. The monoisotopic (exact) mass is 334 g/mol. The van der Waals surface area contributed by atoms with Gasteiger partial charge in [0.25, 0.3) is 0 Å². The number of thiazole rings is 1. The van der Waals surface area contributed by atoms with Gasteiger partial charge < -0.3 is 5.32 Å². The number of fused-ring (bicyclic) bond motifs is 1. The van der Waals surface area contributed by atoms with Crippen LogP contribution in [0.25, 0.3) is 10.6 Å². The van der Waals surface area contributed by atoms with Gasteiger partial charge in [-0.15, -0.1) is 11.3 Å². The molecule has 1 atom stereocenters. The molecule has 3 nitrogen and oxygen atoms in total. The van der Waals surface area contributed by atoms with Crippen LogP contribution in [0.4, 0.5) is 5.69 Å². The van der Waals surface area contributed by atoms with Gasteiger partial charge in [-0.2, -0.15) is 0 Å². The number of aromatic nitrogens is 1. The van der Waals surface area contributed by atoms with Crippen molar-refractivity contribution in [2.24, 2.45) is 0 Å². The van der Waals surface area contributed by atoms with Crippen LogP contribution in [0.2, 0.25) is 0 Å². The van der Waals surface area contributed by atoms with Gasteiger partial charge in [-0.3, -0.25) is 4.79 Å². The number of amides is 1. The zero-order valence-corrected chi connectivity index (χ0v) is 14.1. The van der Waals surface area contributed by atoms with Gasteiger partial charge in [-0.25, -0.2) is 4.98 Å². The van der Waals surface area contributed by atoms with Crippen molar-refractivity contribution in [2.45, 2.75) is 25.2 Å². The molecule has 120 valence electrons. The topological polar surface area (TPSA) is 42.0 Å². The molecule has 1 heterocycles. The summed E-state index contributed by atoms with van der Waals surface area (Å²) in [4.78, 5) is 16.7. The Labute approximate surface area is 145 Å². The molecule has 0 spiro atoms. The predicted octanol–water partition coefficient (Wildman–Crippen LogP) is 4.87. The lowest BCUT2D eigenvalue weighted by molar-refractivity contribution is -0.116. The normalized spacial score (nSPS) is 15.9. The molecule has 0 fully saturated rings. The van der Waals surface area contributed by atoms with Crippen molar-refractivity contribution >= 4 is 22.9 Å². The second-order valence-electron chi connectivity index (χ2n) is 6.10. The van der Waals surface area contributed by atoms with E-state index in [-0.39, 0.29) is 5.91 Å². The van der Waals surface area contributed by atoms with Crippen LogP contribution in [0, 0.1) is 0 Å². The van der Waals surface area contributed by atoms with E-state index in [9.17, 15) is 4.79 Å². The Morgan fingerprint density at radius 2 is 2.00 bits per heavy atom. The Balaban J connectivity index is 1.40. The zero-order valence-electron chi connectivity index (χ0n) is 13.2. The first-order valence-corrected chi connectivity index (χ1v) is 9.05. The molecule has 3 aromatic rings. The van der Waals surface area contributed by atoms with E-state index in [1.807, 2.05) is 29.6 Å². The Morgan fingerprint density at radius 3 is 2.79 bits per heavy atom. The molecule has 0 radical (unpaired) electrons. The molecule has 0 aliphatic heterocycles. The Hall–Kier alpha value is -2.46. The van der Waals surface area contributed by atoms with E-state index in [0.29, 0.717) is 12.3 Å². The van der Waals surface area contributed by atoms with E-state index >= 15 is 0 Å². The molecular weight excluding hydrogens is 316 g/mol. The number of aryl methyl sites for hydroxylation is 1. The highest BCUT2D eigenvalue weighted by Gasteiger charge is 2.24. The minimum atomic E-state index is 0.0821. The number of rotatable bonds is 4. The molecule has 0 saturated carbocycles. The maximum Gasteiger partial charge on any atom is 0.224 e. The predicted molar refractivity (Wildman–Crippen MR) is 98.3 cm³/mol. The van der Waals surface area contributed by atoms with Crippen molar-refractivity contribution in [2.75, 3.05) is 5.32 Å². The molecule has 4 heteroatoms. The summed E-state index contributed by atoms with van der Waals surface area (Å²) in [5, 5.41) is 5.97. The summed E-state index contributed by atoms with van der Waals surface area (Å²) in [5.41, 5.74) is 4.65. The van der Waals surface area contributed by atoms with Gasteiger partial charge in [0.2, 0.25) is 5.91 Å². The molecule has 2 aromatic carbocycles. The van der Waals surface area contributed by atoms with E-state index in [1.54, 1.807) is 17.5 Å². The van der Waals surface area contributed by atoms with Crippen molar-refractivity contribution in [3.63, 3.8) is 0 Å². The summed E-state index contributed by atoms with van der Waals surface area (Å²) >= 11 is 1.61. The van der Waals surface area contributed by atoms with Crippen LogP contribution >= 0.6 is 11.3 Å². The minimum absolute atomic E-state index is 0.0821. The largest absolute Gasteiger partial charge is 0.326 e. The molecule has 1 aromatic heterocycles. The highest BCUT2D eigenvalue weighted by molar-refractivity contribution is 7.13. The smallest absolute Gasteiger partial charge is 0.224 e. The fraction of sp³-hybridized carbons (Fsp3) is 0.200. The average molecular weight is 334 g/mol. The van der Waals surface area contributed by atoms with Crippen LogP contribution in [0.1, 0.15) is 29.9 Å². The fourth-order valence-electron chi connectivity index (χ4n) is 3.36. The van der Waals surface area contributed by atoms with Gasteiger partial charge in [0.05, 0.1) is 0 Å². The number of benzene rings is 2. The zero-order chi connectivity index (χ0) is 16.4. The lowest BCUT2D eigenvalue weighted by Gasteiger charge is -2.12. The summed E-state index contributed by atoms with van der Waals surface area (Å²) < 4.78 is 0. The Kier molecular flexibility index (Phi) is 4.13. The maximum absolute atomic E-state index is 12.4. The fourth-order valence-corrected chi connectivity index (χ4v) is 4.00. The van der Waals surface area contributed by atoms with E-state index in [2.05, 4.69) is 34.6 Å². The maximum atomic E-state index is 12.4. The number of carbonyl (C=O) groups excluding carboxylic acids is 1. The van der Waals surface area contributed by atoms with Gasteiger partial charge in [0, 0.05) is 29.2 Å². The standard InChI is InChI=1S/C20H18N2OS/c23-19(13-16-6-5-14-3-1-2-4-18(14)16)22-17-9-7-15(8-10-17)20-21-11-12-24-20/h1-4,7-12,16H,5-6,13H2,(H,22,23). The summed E-state index contributed by atoms with van der Waals surface area (Å²) in [6, 6.07) is 16.3. The first kappa shape index (κ1) is 15.1. The molecule has 1 amide bonds. The summed E-state index contributed by atoms with van der Waals surface area (Å²) in [5.74, 6) is 0.425. The molecule has 0 saturated heterocycles. The van der Waals surface area contributed by atoms with Gasteiger partial charge in [-0.1, -0.05) is 24.3 Å². The van der Waals surface area contributed by atoms with Crippen LogP contribution < -0.4 is 5.32 Å². The van der Waals surface area contributed by atoms with Gasteiger partial charge in [0.1, 0.15) is 5.01 Å². The molecule has 0 bridgehead atoms. The number of hydrogen-bond acceptors (Lipinski definition) is 3. The van der Waals surface area contributed by atoms with E-state index in [4.69, 9.17) is 0 Å². The van der Waals surface area contributed by atoms with Crippen LogP contribution in [-0.2, 0) is 11.2 Å². The number of hydrogen-bond donors (Lipinski definition) is 1. The first-order valence-electron chi connectivity index (χ1n) is 8.17. The quantitative estimate of drug-likeness (QED) is 0.739. The lowest BCUT2D eigenvalue weighted by Crippen LogP contribution is -2.14. The van der Waals surface area contributed by atoms with Crippen LogP contribution in [0.15, 0.2) is 60.1 Å². The van der Waals surface area contributed by atoms with E-state index in [1.165, 1.54) is 11.1 Å². The number of nitrogens with zero attached hydrogens (tertiary/aromatic N) is 1. The van der Waals surface area contributed by atoms with E-state index < -0.39 is 0 Å². The number of nitrogens with one attached hydrogen (secondary N) is 1. The minimum Gasteiger partial charge on any atom is -0.326 e. The third kappa shape index (κ3) is 3.10. The summed E-state index contributed by atoms with van der Waals surface area (Å²) in [7, 11) is 0. The highest BCUT2D eigenvalue weighted by atomic mass is 32.1. The van der Waals surface area contributed by atoms with Gasteiger partial charge in [0.15, 0.2) is 0 Å². The lowest BCUT2D eigenvalue weighted by atomic mass is 9.97. The highest BCUT2D eigenvalue weighted by Crippen LogP contribution is 2.35. The molecule has 1 unspecified atom stereocenters. The Morgan fingerprint density at radius 1 is 1.17 bits per heavy atom. The van der Waals surface area contributed by atoms with Gasteiger partial charge in [-0.05, 0) is 54.2 Å². The third-order valence-electron chi connectivity index (χ3n) is 4.54. The first-order chi connectivity index (χ1) is 11.8. The Bertz CT molecular complexity index is 840. The SMILES string of the molecule is O=C(CC1CCc2ccccc21)Nc1ccc(-c2nccs2)cc1. The van der Waals surface area contributed by atoms with Crippen molar-refractivity contribution < 1.29 is 4.79 Å². The van der Waals surface area contributed by atoms with Crippen molar-refractivity contribution in [3.8, 4) is 10.6 Å². The van der Waals surface area contributed by atoms with Crippen molar-refractivity contribution in [3.05, 3.63) is 71.2 Å². The summed E-state index contributed by atoms with van der Waals surface area (Å²) in [6.07, 6.45) is 4.49. The molecule has 1 N–H and O–H groups in total. The van der Waals surface area contributed by atoms with Crippen molar-refractivity contribution in [1.29, 1.82) is 0 Å². The summed E-state index contributed by atoms with van der Waals surface area (Å²) in [6.45, 7) is 0. The molecule has 1 aliphatic rings. The van der Waals surface area contributed by atoms with E-state index in [0.717, 1.165) is 29.1 Å². The van der Waals surface area contributed by atoms with Gasteiger partial charge >= 0.3 is 0 Å².